The van der Waals surface area contributed by atoms with Gasteiger partial charge >= 0.3 is 0 Å². The number of carbonyl (C=O) groups is 1. The number of para-hydroxylation sites is 1. The summed E-state index contributed by atoms with van der Waals surface area (Å²) in [5.74, 6) is 0.195. The van der Waals surface area contributed by atoms with Crippen LogP contribution in [0.4, 0.5) is 0 Å². The molecule has 0 bridgehead atoms. The summed E-state index contributed by atoms with van der Waals surface area (Å²) in [5.41, 5.74) is 3.03. The van der Waals surface area contributed by atoms with E-state index in [-0.39, 0.29) is 5.78 Å². The molecule has 0 aliphatic carbocycles. The molecule has 0 N–H and O–H groups in total. The minimum absolute atomic E-state index is 0.195. The molecule has 1 heterocycles. The second kappa shape index (κ2) is 6.84. The third kappa shape index (κ3) is 3.42. The van der Waals surface area contributed by atoms with Crippen molar-refractivity contribution in [1.29, 1.82) is 0 Å². The quantitative estimate of drug-likeness (QED) is 0.589. The lowest BCUT2D eigenvalue weighted by molar-refractivity contribution is 0.0980. The lowest BCUT2D eigenvalue weighted by atomic mass is 10.0. The molecule has 3 heteroatoms. The summed E-state index contributed by atoms with van der Waals surface area (Å²) in [6, 6.07) is 17.8. The fourth-order valence-electron chi connectivity index (χ4n) is 2.59. The molecule has 0 spiro atoms. The van der Waals surface area contributed by atoms with Gasteiger partial charge in [0.05, 0.1) is 5.52 Å². The van der Waals surface area contributed by atoms with Gasteiger partial charge < -0.3 is 0 Å². The van der Waals surface area contributed by atoms with E-state index in [0.29, 0.717) is 6.42 Å². The molecule has 0 saturated carbocycles. The molecule has 0 aliphatic rings. The standard InChI is InChI=1S/C19H16BrNO/c20-17-11-9-14(10-12-17)18(22)8-2-6-15-4-1-5-16-7-3-13-21-19(15)16/h1,3-5,7,9-13H,2,6,8H2. The zero-order valence-corrected chi connectivity index (χ0v) is 13.7. The van der Waals surface area contributed by atoms with Gasteiger partial charge in [0, 0.05) is 28.0 Å². The number of Topliss-reactive ketones (excluding diaryl/α,β-unsaturated/α-hetero) is 1. The van der Waals surface area contributed by atoms with E-state index < -0.39 is 0 Å². The number of fused-ring (bicyclic) bond motifs is 1. The van der Waals surface area contributed by atoms with E-state index in [1.165, 1.54) is 5.56 Å². The Morgan fingerprint density at radius 2 is 1.77 bits per heavy atom. The van der Waals surface area contributed by atoms with Crippen LogP contribution in [0.2, 0.25) is 0 Å². The summed E-state index contributed by atoms with van der Waals surface area (Å²) in [6.07, 6.45) is 4.09. The Morgan fingerprint density at radius 1 is 1.00 bits per heavy atom. The second-order valence-corrected chi connectivity index (χ2v) is 6.19. The van der Waals surface area contributed by atoms with Crippen molar-refractivity contribution >= 4 is 32.6 Å². The van der Waals surface area contributed by atoms with Crippen molar-refractivity contribution in [3.8, 4) is 0 Å². The van der Waals surface area contributed by atoms with E-state index in [1.807, 2.05) is 36.5 Å². The Kier molecular flexibility index (Phi) is 4.64. The van der Waals surface area contributed by atoms with Crippen LogP contribution in [0.3, 0.4) is 0 Å². The fourth-order valence-corrected chi connectivity index (χ4v) is 2.85. The third-order valence-corrected chi connectivity index (χ3v) is 4.26. The van der Waals surface area contributed by atoms with Gasteiger partial charge in [-0.3, -0.25) is 9.78 Å². The number of aromatic nitrogens is 1. The maximum absolute atomic E-state index is 12.2. The summed E-state index contributed by atoms with van der Waals surface area (Å²) in [5, 5.41) is 1.15. The number of benzene rings is 2. The summed E-state index contributed by atoms with van der Waals surface area (Å²) in [7, 11) is 0. The number of rotatable bonds is 5. The average molecular weight is 354 g/mol. The van der Waals surface area contributed by atoms with Crippen LogP contribution in [0, 0.1) is 0 Å². The van der Waals surface area contributed by atoms with Gasteiger partial charge in [-0.1, -0.05) is 52.3 Å². The van der Waals surface area contributed by atoms with E-state index in [4.69, 9.17) is 0 Å². The van der Waals surface area contributed by atoms with Crippen LogP contribution in [-0.2, 0) is 6.42 Å². The van der Waals surface area contributed by atoms with E-state index in [2.05, 4.69) is 45.2 Å². The molecular formula is C19H16BrNO. The molecule has 0 atom stereocenters. The first-order valence-electron chi connectivity index (χ1n) is 7.35. The van der Waals surface area contributed by atoms with Crippen LogP contribution in [-0.4, -0.2) is 10.8 Å². The fraction of sp³-hybridized carbons (Fsp3) is 0.158. The number of carbonyl (C=O) groups excluding carboxylic acids is 1. The van der Waals surface area contributed by atoms with Crippen molar-refractivity contribution in [3.05, 3.63) is 76.4 Å². The summed E-state index contributed by atoms with van der Waals surface area (Å²) in [4.78, 5) is 16.6. The molecule has 22 heavy (non-hydrogen) atoms. The third-order valence-electron chi connectivity index (χ3n) is 3.73. The van der Waals surface area contributed by atoms with Gasteiger partial charge in [-0.15, -0.1) is 0 Å². The minimum atomic E-state index is 0.195. The number of hydrogen-bond donors (Lipinski definition) is 0. The minimum Gasteiger partial charge on any atom is -0.294 e. The van der Waals surface area contributed by atoms with Crippen molar-refractivity contribution in [3.63, 3.8) is 0 Å². The summed E-state index contributed by atoms with van der Waals surface area (Å²) < 4.78 is 0.992. The number of aryl methyl sites for hydroxylation is 1. The van der Waals surface area contributed by atoms with Crippen molar-refractivity contribution in [2.75, 3.05) is 0 Å². The Morgan fingerprint density at radius 3 is 2.59 bits per heavy atom. The maximum Gasteiger partial charge on any atom is 0.162 e. The molecule has 0 amide bonds. The number of pyridine rings is 1. The average Bonchev–Trinajstić information content (AvgIpc) is 2.55. The molecule has 110 valence electrons. The predicted octanol–water partition coefficient (Wildman–Crippen LogP) is 5.20. The molecule has 2 aromatic carbocycles. The molecule has 3 aromatic rings. The normalized spacial score (nSPS) is 10.8. The van der Waals surface area contributed by atoms with E-state index in [1.54, 1.807) is 0 Å². The molecule has 0 unspecified atom stereocenters. The number of halogens is 1. The largest absolute Gasteiger partial charge is 0.294 e. The van der Waals surface area contributed by atoms with Gasteiger partial charge in [-0.2, -0.15) is 0 Å². The first-order valence-corrected chi connectivity index (χ1v) is 8.15. The Balaban J connectivity index is 1.65. The second-order valence-electron chi connectivity index (χ2n) is 5.28. The van der Waals surface area contributed by atoms with E-state index in [0.717, 1.165) is 33.8 Å². The number of hydrogen-bond acceptors (Lipinski definition) is 2. The van der Waals surface area contributed by atoms with Gasteiger partial charge in [-0.05, 0) is 36.6 Å². The maximum atomic E-state index is 12.2. The molecule has 3 rings (SSSR count). The Hall–Kier alpha value is -2.00. The van der Waals surface area contributed by atoms with E-state index in [9.17, 15) is 4.79 Å². The van der Waals surface area contributed by atoms with Crippen LogP contribution < -0.4 is 0 Å². The molecule has 0 fully saturated rings. The number of ketones is 1. The molecule has 2 nitrogen and oxygen atoms in total. The summed E-state index contributed by atoms with van der Waals surface area (Å²) in [6.45, 7) is 0. The molecule has 0 saturated heterocycles. The van der Waals surface area contributed by atoms with Gasteiger partial charge in [0.1, 0.15) is 0 Å². The van der Waals surface area contributed by atoms with Gasteiger partial charge in [-0.25, -0.2) is 0 Å². The highest BCUT2D eigenvalue weighted by molar-refractivity contribution is 9.10. The van der Waals surface area contributed by atoms with Crippen LogP contribution in [0.15, 0.2) is 65.3 Å². The van der Waals surface area contributed by atoms with Crippen molar-refractivity contribution in [2.24, 2.45) is 0 Å². The Bertz CT molecular complexity index is 791. The van der Waals surface area contributed by atoms with Crippen LogP contribution in [0.25, 0.3) is 10.9 Å². The highest BCUT2D eigenvalue weighted by Gasteiger charge is 2.07. The van der Waals surface area contributed by atoms with Crippen molar-refractivity contribution < 1.29 is 4.79 Å². The SMILES string of the molecule is O=C(CCCc1cccc2cccnc12)c1ccc(Br)cc1. The molecule has 0 aliphatic heterocycles. The number of nitrogens with zero attached hydrogens (tertiary/aromatic N) is 1. The van der Waals surface area contributed by atoms with Crippen LogP contribution >= 0.6 is 15.9 Å². The van der Waals surface area contributed by atoms with Gasteiger partial charge in [0.15, 0.2) is 5.78 Å². The first kappa shape index (κ1) is 14.9. The van der Waals surface area contributed by atoms with Crippen molar-refractivity contribution in [2.45, 2.75) is 19.3 Å². The smallest absolute Gasteiger partial charge is 0.162 e. The van der Waals surface area contributed by atoms with Crippen LogP contribution in [0.1, 0.15) is 28.8 Å². The first-order chi connectivity index (χ1) is 10.7. The highest BCUT2D eigenvalue weighted by atomic mass is 79.9. The summed E-state index contributed by atoms with van der Waals surface area (Å²) >= 11 is 3.38. The Labute approximate surface area is 138 Å². The van der Waals surface area contributed by atoms with Gasteiger partial charge in [0.2, 0.25) is 0 Å². The predicted molar refractivity (Wildman–Crippen MR) is 93.2 cm³/mol. The zero-order valence-electron chi connectivity index (χ0n) is 12.1. The lowest BCUT2D eigenvalue weighted by Gasteiger charge is -2.05. The molecule has 1 aromatic heterocycles. The van der Waals surface area contributed by atoms with E-state index >= 15 is 0 Å². The molecule has 0 radical (unpaired) electrons. The topological polar surface area (TPSA) is 30.0 Å². The van der Waals surface area contributed by atoms with Crippen LogP contribution in [0.5, 0.6) is 0 Å². The van der Waals surface area contributed by atoms with Crippen molar-refractivity contribution in [1.82, 2.24) is 4.98 Å². The molecular weight excluding hydrogens is 338 g/mol. The lowest BCUT2D eigenvalue weighted by Crippen LogP contribution is -2.00. The van der Waals surface area contributed by atoms with Gasteiger partial charge in [0.25, 0.3) is 0 Å². The monoisotopic (exact) mass is 353 g/mol. The highest BCUT2D eigenvalue weighted by Crippen LogP contribution is 2.19. The zero-order chi connectivity index (χ0) is 15.4.